The lowest BCUT2D eigenvalue weighted by Crippen LogP contribution is -2.30. The lowest BCUT2D eigenvalue weighted by molar-refractivity contribution is -0.135. The van der Waals surface area contributed by atoms with Crippen molar-refractivity contribution in [3.8, 4) is 17.1 Å². The first-order chi connectivity index (χ1) is 9.50. The molecule has 0 spiro atoms. The predicted octanol–water partition coefficient (Wildman–Crippen LogP) is -0.910. The van der Waals surface area contributed by atoms with Gasteiger partial charge in [0.2, 0.25) is 5.82 Å². The molecule has 20 heavy (non-hydrogen) atoms. The van der Waals surface area contributed by atoms with Gasteiger partial charge in [-0.1, -0.05) is 0 Å². The summed E-state index contributed by atoms with van der Waals surface area (Å²) in [5.41, 5.74) is 0.476. The Morgan fingerprint density at radius 2 is 2.20 bits per heavy atom. The number of H-pyrrole nitrogens is 1. The number of amides is 1. The molecule has 0 saturated carbocycles. The summed E-state index contributed by atoms with van der Waals surface area (Å²) in [7, 11) is 0. The molecule has 0 bridgehead atoms. The standard InChI is InChI=1S/C10H10N6O4/c1-4-5(9-13-15-16-14-9)2-11-7(8(4)19)10(20)12-3-6(17)18/h2,19H,3H2,1H3,(H,12,20)(H,17,18)(H,13,14,15,16). The number of tetrazole rings is 1. The quantitative estimate of drug-likeness (QED) is 0.560. The Morgan fingerprint density at radius 1 is 1.45 bits per heavy atom. The number of hydrogen-bond acceptors (Lipinski definition) is 7. The third kappa shape index (κ3) is 2.53. The molecule has 0 aliphatic heterocycles. The van der Waals surface area contributed by atoms with Crippen LogP contribution in [0.3, 0.4) is 0 Å². The van der Waals surface area contributed by atoms with E-state index < -0.39 is 18.4 Å². The largest absolute Gasteiger partial charge is 0.505 e. The van der Waals surface area contributed by atoms with E-state index in [4.69, 9.17) is 5.11 Å². The van der Waals surface area contributed by atoms with Gasteiger partial charge in [-0.05, 0) is 12.1 Å². The van der Waals surface area contributed by atoms with Crippen LogP contribution in [-0.2, 0) is 4.79 Å². The smallest absolute Gasteiger partial charge is 0.322 e. The fourth-order valence-electron chi connectivity index (χ4n) is 1.50. The minimum Gasteiger partial charge on any atom is -0.505 e. The first-order valence-electron chi connectivity index (χ1n) is 5.43. The monoisotopic (exact) mass is 278 g/mol. The Bertz CT molecular complexity index is 654. The van der Waals surface area contributed by atoms with Gasteiger partial charge in [0, 0.05) is 17.3 Å². The molecule has 2 heterocycles. The molecule has 4 N–H and O–H groups in total. The molecule has 0 aromatic carbocycles. The number of carbonyl (C=O) groups is 2. The second kappa shape index (κ2) is 5.30. The van der Waals surface area contributed by atoms with E-state index >= 15 is 0 Å². The minimum atomic E-state index is -1.20. The van der Waals surface area contributed by atoms with E-state index in [1.165, 1.54) is 6.20 Å². The highest BCUT2D eigenvalue weighted by molar-refractivity contribution is 5.97. The van der Waals surface area contributed by atoms with Crippen LogP contribution >= 0.6 is 0 Å². The zero-order chi connectivity index (χ0) is 14.7. The van der Waals surface area contributed by atoms with E-state index in [-0.39, 0.29) is 17.3 Å². The van der Waals surface area contributed by atoms with Gasteiger partial charge in [-0.3, -0.25) is 9.59 Å². The molecular weight excluding hydrogens is 268 g/mol. The van der Waals surface area contributed by atoms with E-state index in [1.54, 1.807) is 6.92 Å². The van der Waals surface area contributed by atoms with E-state index in [0.717, 1.165) is 0 Å². The second-order valence-electron chi connectivity index (χ2n) is 3.81. The first kappa shape index (κ1) is 13.4. The summed E-state index contributed by atoms with van der Waals surface area (Å²) in [5.74, 6) is -2.12. The molecule has 0 aliphatic carbocycles. The topological polar surface area (TPSA) is 154 Å². The Labute approximate surface area is 111 Å². The number of carboxylic acid groups (broad SMARTS) is 1. The number of rotatable bonds is 4. The van der Waals surface area contributed by atoms with Crippen molar-refractivity contribution in [2.75, 3.05) is 6.54 Å². The number of carboxylic acids is 1. The number of carbonyl (C=O) groups excluding carboxylic acids is 1. The van der Waals surface area contributed by atoms with Gasteiger partial charge in [-0.2, -0.15) is 5.21 Å². The molecule has 0 fully saturated rings. The molecule has 0 saturated heterocycles. The molecule has 2 aromatic rings. The van der Waals surface area contributed by atoms with E-state index in [0.29, 0.717) is 11.1 Å². The van der Waals surface area contributed by atoms with Crippen LogP contribution in [0.25, 0.3) is 11.4 Å². The summed E-state index contributed by atoms with van der Waals surface area (Å²) in [6.07, 6.45) is 1.30. The summed E-state index contributed by atoms with van der Waals surface area (Å²) in [6.45, 7) is 0.988. The Hall–Kier alpha value is -3.04. The molecule has 0 atom stereocenters. The fourth-order valence-corrected chi connectivity index (χ4v) is 1.50. The molecule has 0 aliphatic rings. The van der Waals surface area contributed by atoms with Crippen molar-refractivity contribution in [3.63, 3.8) is 0 Å². The second-order valence-corrected chi connectivity index (χ2v) is 3.81. The fraction of sp³-hybridized carbons (Fsp3) is 0.200. The van der Waals surface area contributed by atoms with Crippen LogP contribution in [0.15, 0.2) is 6.20 Å². The number of aliphatic carboxylic acids is 1. The van der Waals surface area contributed by atoms with Gasteiger partial charge in [0.25, 0.3) is 5.91 Å². The number of hydrogen-bond donors (Lipinski definition) is 4. The van der Waals surface area contributed by atoms with Crippen molar-refractivity contribution < 1.29 is 19.8 Å². The van der Waals surface area contributed by atoms with Crippen molar-refractivity contribution in [3.05, 3.63) is 17.5 Å². The Balaban J connectivity index is 2.32. The van der Waals surface area contributed by atoms with Crippen molar-refractivity contribution in [1.82, 2.24) is 30.9 Å². The third-order valence-electron chi connectivity index (χ3n) is 2.51. The summed E-state index contributed by atoms with van der Waals surface area (Å²) < 4.78 is 0. The van der Waals surface area contributed by atoms with Gasteiger partial charge in [0.15, 0.2) is 11.4 Å². The third-order valence-corrected chi connectivity index (χ3v) is 2.51. The van der Waals surface area contributed by atoms with Crippen LogP contribution < -0.4 is 5.32 Å². The van der Waals surface area contributed by atoms with E-state index in [1.807, 2.05) is 0 Å². The van der Waals surface area contributed by atoms with Crippen molar-refractivity contribution in [1.29, 1.82) is 0 Å². The zero-order valence-electron chi connectivity index (χ0n) is 10.3. The van der Waals surface area contributed by atoms with Crippen LogP contribution in [0.5, 0.6) is 5.75 Å². The van der Waals surface area contributed by atoms with Gasteiger partial charge in [-0.15, -0.1) is 10.2 Å². The van der Waals surface area contributed by atoms with Crippen molar-refractivity contribution >= 4 is 11.9 Å². The molecule has 2 rings (SSSR count). The summed E-state index contributed by atoms with van der Waals surface area (Å²) >= 11 is 0. The number of aromatic nitrogens is 5. The maximum absolute atomic E-state index is 11.7. The summed E-state index contributed by atoms with van der Waals surface area (Å²) in [5, 5.41) is 33.7. The maximum atomic E-state index is 11.7. The van der Waals surface area contributed by atoms with Crippen LogP contribution in [0.2, 0.25) is 0 Å². The normalized spacial score (nSPS) is 10.2. The average molecular weight is 278 g/mol. The average Bonchev–Trinajstić information content (AvgIpc) is 2.93. The molecule has 10 heteroatoms. The lowest BCUT2D eigenvalue weighted by Gasteiger charge is -2.08. The Morgan fingerprint density at radius 3 is 2.80 bits per heavy atom. The summed E-state index contributed by atoms with van der Waals surface area (Å²) in [4.78, 5) is 25.8. The molecule has 0 radical (unpaired) electrons. The molecular formula is C10H10N6O4. The molecule has 0 unspecified atom stereocenters. The molecule has 104 valence electrons. The van der Waals surface area contributed by atoms with Gasteiger partial charge in [0.1, 0.15) is 6.54 Å². The van der Waals surface area contributed by atoms with Crippen LogP contribution in [-0.4, -0.2) is 54.2 Å². The first-order valence-corrected chi connectivity index (χ1v) is 5.43. The van der Waals surface area contributed by atoms with Gasteiger partial charge < -0.3 is 15.5 Å². The number of nitrogens with one attached hydrogen (secondary N) is 2. The van der Waals surface area contributed by atoms with Crippen LogP contribution in [0.1, 0.15) is 16.1 Å². The summed E-state index contributed by atoms with van der Waals surface area (Å²) in [6, 6.07) is 0. The van der Waals surface area contributed by atoms with Gasteiger partial charge in [0.05, 0.1) is 0 Å². The highest BCUT2D eigenvalue weighted by Crippen LogP contribution is 2.28. The number of pyridine rings is 1. The number of nitrogens with zero attached hydrogens (tertiary/aromatic N) is 4. The van der Waals surface area contributed by atoms with Crippen molar-refractivity contribution in [2.24, 2.45) is 0 Å². The SMILES string of the molecule is Cc1c(-c2nn[nH]n2)cnc(C(=O)NCC(=O)O)c1O. The van der Waals surface area contributed by atoms with Crippen LogP contribution in [0.4, 0.5) is 0 Å². The highest BCUT2D eigenvalue weighted by atomic mass is 16.4. The van der Waals surface area contributed by atoms with E-state index in [9.17, 15) is 14.7 Å². The van der Waals surface area contributed by atoms with Gasteiger partial charge in [-0.25, -0.2) is 4.98 Å². The van der Waals surface area contributed by atoms with Gasteiger partial charge >= 0.3 is 5.97 Å². The Kier molecular flexibility index (Phi) is 3.55. The number of aromatic amines is 1. The highest BCUT2D eigenvalue weighted by Gasteiger charge is 2.19. The van der Waals surface area contributed by atoms with Crippen LogP contribution in [0, 0.1) is 6.92 Å². The van der Waals surface area contributed by atoms with E-state index in [2.05, 4.69) is 30.9 Å². The van der Waals surface area contributed by atoms with Crippen molar-refractivity contribution in [2.45, 2.75) is 6.92 Å². The minimum absolute atomic E-state index is 0.225. The predicted molar refractivity (Wildman–Crippen MR) is 63.8 cm³/mol. The molecule has 10 nitrogen and oxygen atoms in total. The number of aromatic hydroxyl groups is 1. The molecule has 2 aromatic heterocycles. The zero-order valence-corrected chi connectivity index (χ0v) is 10.3. The molecule has 1 amide bonds. The lowest BCUT2D eigenvalue weighted by atomic mass is 10.1. The maximum Gasteiger partial charge on any atom is 0.322 e.